The van der Waals surface area contributed by atoms with Gasteiger partial charge >= 0.3 is 0 Å². The molecule has 0 saturated heterocycles. The summed E-state index contributed by atoms with van der Waals surface area (Å²) in [4.78, 5) is 0.325. The highest BCUT2D eigenvalue weighted by Gasteiger charge is 2.13. The van der Waals surface area contributed by atoms with Gasteiger partial charge in [-0.15, -0.1) is 0 Å². The monoisotopic (exact) mass is 318 g/mol. The van der Waals surface area contributed by atoms with E-state index in [1.165, 1.54) is 5.56 Å². The second-order valence-electron chi connectivity index (χ2n) is 6.01. The van der Waals surface area contributed by atoms with E-state index in [0.717, 1.165) is 16.9 Å². The Kier molecular flexibility index (Phi) is 4.55. The maximum Gasteiger partial charge on any atom is 0.106 e. The molecule has 0 saturated carbocycles. The SMILES string of the molecule is CC(C)(C)c1ccc(Nc2ccc(Cl)cc2C(N)=S)cc1. The van der Waals surface area contributed by atoms with Crippen LogP contribution in [0.1, 0.15) is 31.9 Å². The average Bonchev–Trinajstić information content (AvgIpc) is 2.40. The van der Waals surface area contributed by atoms with Crippen molar-refractivity contribution in [3.63, 3.8) is 0 Å². The molecule has 0 aliphatic rings. The molecule has 0 fully saturated rings. The van der Waals surface area contributed by atoms with Gasteiger partial charge in [-0.25, -0.2) is 0 Å². The summed E-state index contributed by atoms with van der Waals surface area (Å²) in [6.07, 6.45) is 0. The fourth-order valence-corrected chi connectivity index (χ4v) is 2.38. The third kappa shape index (κ3) is 3.96. The van der Waals surface area contributed by atoms with E-state index >= 15 is 0 Å². The smallest absolute Gasteiger partial charge is 0.106 e. The molecule has 0 aliphatic carbocycles. The molecule has 0 atom stereocenters. The first-order valence-corrected chi connectivity index (χ1v) is 7.53. The van der Waals surface area contributed by atoms with Crippen molar-refractivity contribution in [3.8, 4) is 0 Å². The molecule has 2 aromatic rings. The molecule has 3 N–H and O–H groups in total. The van der Waals surface area contributed by atoms with Crippen LogP contribution in [0.4, 0.5) is 11.4 Å². The molecule has 0 unspecified atom stereocenters. The Hall–Kier alpha value is -1.58. The number of hydrogen-bond acceptors (Lipinski definition) is 2. The van der Waals surface area contributed by atoms with Crippen LogP contribution >= 0.6 is 23.8 Å². The van der Waals surface area contributed by atoms with E-state index in [-0.39, 0.29) is 5.41 Å². The number of anilines is 2. The summed E-state index contributed by atoms with van der Waals surface area (Å²) in [5.74, 6) is 0. The zero-order valence-electron chi connectivity index (χ0n) is 12.4. The van der Waals surface area contributed by atoms with Crippen molar-refractivity contribution in [2.45, 2.75) is 26.2 Å². The topological polar surface area (TPSA) is 38.0 Å². The zero-order valence-corrected chi connectivity index (χ0v) is 14.0. The fourth-order valence-electron chi connectivity index (χ4n) is 2.04. The van der Waals surface area contributed by atoms with Gasteiger partial charge in [-0.2, -0.15) is 0 Å². The summed E-state index contributed by atoms with van der Waals surface area (Å²) in [7, 11) is 0. The van der Waals surface area contributed by atoms with Crippen molar-refractivity contribution in [3.05, 3.63) is 58.6 Å². The predicted octanol–water partition coefficient (Wildman–Crippen LogP) is 5.02. The number of halogens is 1. The Balaban J connectivity index is 2.28. The van der Waals surface area contributed by atoms with E-state index in [1.807, 2.05) is 12.1 Å². The molecular formula is C17H19ClN2S. The number of benzene rings is 2. The summed E-state index contributed by atoms with van der Waals surface area (Å²) in [5.41, 5.74) is 9.78. The molecule has 2 nitrogen and oxygen atoms in total. The third-order valence-corrected chi connectivity index (χ3v) is 3.73. The van der Waals surface area contributed by atoms with Crippen molar-refractivity contribution in [1.29, 1.82) is 0 Å². The van der Waals surface area contributed by atoms with Gasteiger partial charge < -0.3 is 11.1 Å². The first-order valence-electron chi connectivity index (χ1n) is 6.74. The lowest BCUT2D eigenvalue weighted by Gasteiger charge is -2.19. The van der Waals surface area contributed by atoms with E-state index < -0.39 is 0 Å². The first kappa shape index (κ1) is 15.8. The Morgan fingerprint density at radius 2 is 1.71 bits per heavy atom. The van der Waals surface area contributed by atoms with Crippen molar-refractivity contribution in [2.24, 2.45) is 5.73 Å². The molecule has 0 spiro atoms. The summed E-state index contributed by atoms with van der Waals surface area (Å²) < 4.78 is 0. The highest BCUT2D eigenvalue weighted by atomic mass is 35.5. The maximum atomic E-state index is 5.99. The second-order valence-corrected chi connectivity index (χ2v) is 6.88. The number of nitrogens with one attached hydrogen (secondary N) is 1. The van der Waals surface area contributed by atoms with Crippen molar-refractivity contribution < 1.29 is 0 Å². The maximum absolute atomic E-state index is 5.99. The standard InChI is InChI=1S/C17H19ClN2S/c1-17(2,3)11-4-7-13(8-5-11)20-15-9-6-12(18)10-14(15)16(19)21/h4-10,20H,1-3H3,(H2,19,21). The van der Waals surface area contributed by atoms with Crippen molar-refractivity contribution >= 4 is 40.2 Å². The minimum absolute atomic E-state index is 0.142. The molecule has 2 rings (SSSR count). The second kappa shape index (κ2) is 6.04. The van der Waals surface area contributed by atoms with Crippen LogP contribution in [0.5, 0.6) is 0 Å². The Bertz CT molecular complexity index is 657. The first-order chi connectivity index (χ1) is 9.77. The Labute approximate surface area is 136 Å². The number of nitrogens with two attached hydrogens (primary N) is 1. The normalized spacial score (nSPS) is 11.2. The molecule has 0 radical (unpaired) electrons. The number of rotatable bonds is 3. The molecule has 2 aromatic carbocycles. The summed E-state index contributed by atoms with van der Waals surface area (Å²) in [5, 5.41) is 3.95. The van der Waals surface area contributed by atoms with Crippen LogP contribution in [-0.2, 0) is 5.41 Å². The third-order valence-electron chi connectivity index (χ3n) is 3.28. The van der Waals surface area contributed by atoms with E-state index in [0.29, 0.717) is 10.0 Å². The lowest BCUT2D eigenvalue weighted by Crippen LogP contribution is -2.12. The highest BCUT2D eigenvalue weighted by Crippen LogP contribution is 2.27. The summed E-state index contributed by atoms with van der Waals surface area (Å²) >= 11 is 11.1. The quantitative estimate of drug-likeness (QED) is 0.781. The van der Waals surface area contributed by atoms with Gasteiger partial charge in [0.05, 0.1) is 0 Å². The predicted molar refractivity (Wildman–Crippen MR) is 95.8 cm³/mol. The molecule has 0 heterocycles. The van der Waals surface area contributed by atoms with E-state index in [9.17, 15) is 0 Å². The lowest BCUT2D eigenvalue weighted by atomic mass is 9.87. The van der Waals surface area contributed by atoms with Crippen LogP contribution < -0.4 is 11.1 Å². The largest absolute Gasteiger partial charge is 0.389 e. The minimum Gasteiger partial charge on any atom is -0.389 e. The lowest BCUT2D eigenvalue weighted by molar-refractivity contribution is 0.590. The van der Waals surface area contributed by atoms with Gasteiger partial charge in [-0.3, -0.25) is 0 Å². The van der Waals surface area contributed by atoms with Gasteiger partial charge in [-0.05, 0) is 41.3 Å². The van der Waals surface area contributed by atoms with Crippen LogP contribution in [-0.4, -0.2) is 4.99 Å². The van der Waals surface area contributed by atoms with Crippen LogP contribution in [0.15, 0.2) is 42.5 Å². The summed E-state index contributed by atoms with van der Waals surface area (Å²) in [6.45, 7) is 6.58. The van der Waals surface area contributed by atoms with Gasteiger partial charge in [0, 0.05) is 22.0 Å². The van der Waals surface area contributed by atoms with E-state index in [2.05, 4.69) is 50.4 Å². The molecule has 0 bridgehead atoms. The van der Waals surface area contributed by atoms with Crippen LogP contribution in [0, 0.1) is 0 Å². The molecule has 110 valence electrons. The van der Waals surface area contributed by atoms with Crippen molar-refractivity contribution in [1.82, 2.24) is 0 Å². The minimum atomic E-state index is 0.142. The molecule has 21 heavy (non-hydrogen) atoms. The zero-order chi connectivity index (χ0) is 15.6. The Morgan fingerprint density at radius 3 is 2.24 bits per heavy atom. The van der Waals surface area contributed by atoms with Gasteiger partial charge in [0.2, 0.25) is 0 Å². The molecular weight excluding hydrogens is 300 g/mol. The van der Waals surface area contributed by atoms with Gasteiger partial charge in [0.25, 0.3) is 0 Å². The Morgan fingerprint density at radius 1 is 1.10 bits per heavy atom. The van der Waals surface area contributed by atoms with Crippen LogP contribution in [0.25, 0.3) is 0 Å². The molecule has 0 aromatic heterocycles. The highest BCUT2D eigenvalue weighted by molar-refractivity contribution is 7.80. The number of thiocarbonyl (C=S) groups is 1. The van der Waals surface area contributed by atoms with Gasteiger partial charge in [0.1, 0.15) is 4.99 Å². The van der Waals surface area contributed by atoms with Crippen LogP contribution in [0.2, 0.25) is 5.02 Å². The molecule has 4 heteroatoms. The van der Waals surface area contributed by atoms with Crippen molar-refractivity contribution in [2.75, 3.05) is 5.32 Å². The van der Waals surface area contributed by atoms with E-state index in [1.54, 1.807) is 6.07 Å². The number of hydrogen-bond donors (Lipinski definition) is 2. The summed E-state index contributed by atoms with van der Waals surface area (Å²) in [6, 6.07) is 13.8. The fraction of sp³-hybridized carbons (Fsp3) is 0.235. The average molecular weight is 319 g/mol. The van der Waals surface area contributed by atoms with Gasteiger partial charge in [0.15, 0.2) is 0 Å². The molecule has 0 aliphatic heterocycles. The van der Waals surface area contributed by atoms with Gasteiger partial charge in [-0.1, -0.05) is 56.7 Å². The van der Waals surface area contributed by atoms with Crippen LogP contribution in [0.3, 0.4) is 0 Å². The van der Waals surface area contributed by atoms with E-state index in [4.69, 9.17) is 29.6 Å². The molecule has 0 amide bonds.